The predicted molar refractivity (Wildman–Crippen MR) is 84.5 cm³/mol. The van der Waals surface area contributed by atoms with E-state index in [0.29, 0.717) is 0 Å². The molecule has 1 N–H and O–H groups in total. The molecule has 0 bridgehead atoms. The van der Waals surface area contributed by atoms with Crippen LogP contribution in [0.5, 0.6) is 0 Å². The van der Waals surface area contributed by atoms with Gasteiger partial charge < -0.3 is 0 Å². The first-order valence-corrected chi connectivity index (χ1v) is 9.97. The van der Waals surface area contributed by atoms with Gasteiger partial charge >= 0.3 is 0 Å². The first-order chi connectivity index (χ1) is 9.41. The molecule has 0 aromatic rings. The van der Waals surface area contributed by atoms with Gasteiger partial charge in [0.25, 0.3) is 10.1 Å². The lowest BCUT2D eigenvalue weighted by atomic mass is 9.81. The van der Waals surface area contributed by atoms with Crippen molar-refractivity contribution in [1.29, 1.82) is 0 Å². The highest BCUT2D eigenvalue weighted by atomic mass is 32.2. The topological polar surface area (TPSA) is 54.4 Å². The molecule has 1 aliphatic rings. The maximum atomic E-state index is 11.2. The second kappa shape index (κ2) is 9.04. The maximum absolute atomic E-state index is 11.2. The molecule has 0 saturated heterocycles. The summed E-state index contributed by atoms with van der Waals surface area (Å²) in [5.74, 6) is -0.0694. The number of rotatable bonds is 2. The molecule has 3 nitrogen and oxygen atoms in total. The summed E-state index contributed by atoms with van der Waals surface area (Å²) in [6.07, 6.45) is 15.7. The van der Waals surface area contributed by atoms with Crippen LogP contribution in [0.2, 0.25) is 0 Å². The molecule has 20 heavy (non-hydrogen) atoms. The van der Waals surface area contributed by atoms with Gasteiger partial charge in [-0.05, 0) is 18.3 Å². The molecule has 0 unspecified atom stereocenters. The van der Waals surface area contributed by atoms with Gasteiger partial charge in [0.1, 0.15) is 0 Å². The molecule has 0 spiro atoms. The lowest BCUT2D eigenvalue weighted by Crippen LogP contribution is -2.27. The third-order valence-corrected chi connectivity index (χ3v) is 5.65. The largest absolute Gasteiger partial charge is 0.286 e. The molecular weight excluding hydrogens is 272 g/mol. The Labute approximate surface area is 125 Å². The smallest absolute Gasteiger partial charge is 0.265 e. The van der Waals surface area contributed by atoms with Crippen LogP contribution in [0.4, 0.5) is 0 Å². The molecule has 0 amide bonds. The minimum atomic E-state index is -3.86. The third kappa shape index (κ3) is 8.96. The van der Waals surface area contributed by atoms with Crippen LogP contribution in [0.15, 0.2) is 0 Å². The summed E-state index contributed by atoms with van der Waals surface area (Å²) in [4.78, 5) is 0. The maximum Gasteiger partial charge on any atom is 0.265 e. The summed E-state index contributed by atoms with van der Waals surface area (Å²) in [5.41, 5.74) is -0.238. The molecule has 0 aromatic carbocycles. The zero-order valence-electron chi connectivity index (χ0n) is 13.1. The van der Waals surface area contributed by atoms with Gasteiger partial charge in [-0.3, -0.25) is 4.55 Å². The Hall–Kier alpha value is -0.0900. The van der Waals surface area contributed by atoms with Crippen molar-refractivity contribution >= 4 is 10.1 Å². The van der Waals surface area contributed by atoms with Crippen molar-refractivity contribution in [2.75, 3.05) is 5.75 Å². The molecule has 1 rings (SSSR count). The zero-order chi connectivity index (χ0) is 14.9. The summed E-state index contributed by atoms with van der Waals surface area (Å²) >= 11 is 0. The quantitative estimate of drug-likeness (QED) is 0.733. The van der Waals surface area contributed by atoms with Crippen molar-refractivity contribution < 1.29 is 13.0 Å². The van der Waals surface area contributed by atoms with E-state index in [9.17, 15) is 13.0 Å². The van der Waals surface area contributed by atoms with Crippen LogP contribution in [0, 0.1) is 5.41 Å². The lowest BCUT2D eigenvalue weighted by Gasteiger charge is -2.28. The van der Waals surface area contributed by atoms with Crippen molar-refractivity contribution in [1.82, 2.24) is 0 Å². The average molecular weight is 304 g/mol. The van der Waals surface area contributed by atoms with Crippen molar-refractivity contribution in [3.05, 3.63) is 0 Å². The van der Waals surface area contributed by atoms with Crippen molar-refractivity contribution in [2.24, 2.45) is 5.41 Å². The SMILES string of the molecule is CC1(CS(=O)(=O)O)CCCCCCCCCCCCC1. The number of hydrogen-bond acceptors (Lipinski definition) is 2. The van der Waals surface area contributed by atoms with Crippen molar-refractivity contribution in [3.63, 3.8) is 0 Å². The van der Waals surface area contributed by atoms with Crippen LogP contribution in [-0.4, -0.2) is 18.7 Å². The summed E-state index contributed by atoms with van der Waals surface area (Å²) < 4.78 is 31.6. The highest BCUT2D eigenvalue weighted by Gasteiger charge is 2.29. The predicted octanol–water partition coefficient (Wildman–Crippen LogP) is 4.97. The molecule has 0 heterocycles. The molecule has 1 saturated carbocycles. The average Bonchev–Trinajstić information content (AvgIpc) is 2.32. The monoisotopic (exact) mass is 304 g/mol. The van der Waals surface area contributed by atoms with Crippen molar-refractivity contribution in [3.8, 4) is 0 Å². The summed E-state index contributed by atoms with van der Waals surface area (Å²) in [6.45, 7) is 2.03. The normalized spacial score (nSPS) is 23.9. The fourth-order valence-corrected chi connectivity index (χ4v) is 4.57. The van der Waals surface area contributed by atoms with Gasteiger partial charge in [-0.15, -0.1) is 0 Å². The molecule has 0 atom stereocenters. The molecule has 0 aliphatic heterocycles. The van der Waals surface area contributed by atoms with Gasteiger partial charge in [-0.1, -0.05) is 77.6 Å². The lowest BCUT2D eigenvalue weighted by molar-refractivity contribution is 0.277. The Balaban J connectivity index is 2.51. The first-order valence-electron chi connectivity index (χ1n) is 8.37. The Bertz CT molecular complexity index is 335. The van der Waals surface area contributed by atoms with E-state index in [2.05, 4.69) is 0 Å². The third-order valence-electron chi connectivity index (χ3n) is 4.59. The molecular formula is C16H32O3S. The van der Waals surface area contributed by atoms with E-state index in [1.165, 1.54) is 57.8 Å². The number of hydrogen-bond donors (Lipinski definition) is 1. The van der Waals surface area contributed by atoms with Crippen LogP contribution in [-0.2, 0) is 10.1 Å². The summed E-state index contributed by atoms with van der Waals surface area (Å²) in [7, 11) is -3.86. The van der Waals surface area contributed by atoms with Gasteiger partial charge in [-0.2, -0.15) is 8.42 Å². The van der Waals surface area contributed by atoms with Gasteiger partial charge in [0.05, 0.1) is 5.75 Å². The van der Waals surface area contributed by atoms with Crippen LogP contribution in [0.1, 0.15) is 90.4 Å². The Morgan fingerprint density at radius 1 is 0.750 bits per heavy atom. The highest BCUT2D eigenvalue weighted by Crippen LogP contribution is 2.33. The van der Waals surface area contributed by atoms with Gasteiger partial charge in [-0.25, -0.2) is 0 Å². The van der Waals surface area contributed by atoms with E-state index in [4.69, 9.17) is 0 Å². The van der Waals surface area contributed by atoms with Crippen molar-refractivity contribution in [2.45, 2.75) is 90.4 Å². The second-order valence-electron chi connectivity index (χ2n) is 6.93. The minimum Gasteiger partial charge on any atom is -0.286 e. The fraction of sp³-hybridized carbons (Fsp3) is 1.00. The molecule has 0 aromatic heterocycles. The molecule has 1 fully saturated rings. The standard InChI is InChI=1S/C16H32O3S/c1-16(15-20(17,18)19)13-11-9-7-5-3-2-4-6-8-10-12-14-16/h2-15H2,1H3,(H,17,18,19). The van der Waals surface area contributed by atoms with E-state index in [0.717, 1.165) is 25.7 Å². The van der Waals surface area contributed by atoms with Gasteiger partial charge in [0, 0.05) is 0 Å². The van der Waals surface area contributed by atoms with Crippen LogP contribution in [0.3, 0.4) is 0 Å². The van der Waals surface area contributed by atoms with Gasteiger partial charge in [0.15, 0.2) is 0 Å². The molecule has 4 heteroatoms. The molecule has 0 radical (unpaired) electrons. The molecule has 120 valence electrons. The van der Waals surface area contributed by atoms with E-state index < -0.39 is 10.1 Å². The van der Waals surface area contributed by atoms with E-state index in [1.54, 1.807) is 0 Å². The zero-order valence-corrected chi connectivity index (χ0v) is 13.9. The minimum absolute atomic E-state index is 0.0694. The first kappa shape index (κ1) is 18.0. The van der Waals surface area contributed by atoms with Gasteiger partial charge in [0.2, 0.25) is 0 Å². The second-order valence-corrected chi connectivity index (χ2v) is 8.38. The highest BCUT2D eigenvalue weighted by molar-refractivity contribution is 7.85. The summed E-state index contributed by atoms with van der Waals surface area (Å²) in [6, 6.07) is 0. The van der Waals surface area contributed by atoms with E-state index >= 15 is 0 Å². The Morgan fingerprint density at radius 2 is 1.05 bits per heavy atom. The van der Waals surface area contributed by atoms with Crippen LogP contribution >= 0.6 is 0 Å². The van der Waals surface area contributed by atoms with E-state index in [1.807, 2.05) is 6.92 Å². The summed E-state index contributed by atoms with van der Waals surface area (Å²) in [5, 5.41) is 0. The molecule has 1 aliphatic carbocycles. The fourth-order valence-electron chi connectivity index (χ4n) is 3.40. The van der Waals surface area contributed by atoms with Crippen LogP contribution < -0.4 is 0 Å². The Kier molecular flexibility index (Phi) is 8.11. The Morgan fingerprint density at radius 3 is 1.35 bits per heavy atom. The van der Waals surface area contributed by atoms with E-state index in [-0.39, 0.29) is 11.2 Å². The van der Waals surface area contributed by atoms with Crippen LogP contribution in [0.25, 0.3) is 0 Å².